The molecule has 216 valence electrons. The number of H-pyrrole nitrogens is 1. The summed E-state index contributed by atoms with van der Waals surface area (Å²) in [6, 6.07) is 15.8. The van der Waals surface area contributed by atoms with Crippen molar-refractivity contribution in [2.45, 2.75) is 18.6 Å². The maximum atomic E-state index is 13.7. The first-order chi connectivity index (χ1) is 19.5. The number of alkyl halides is 3. The number of aromatic amines is 1. The molecule has 1 saturated heterocycles. The lowest BCUT2D eigenvalue weighted by Crippen LogP contribution is -2.48. The molecule has 0 radical (unpaired) electrons. The molecule has 1 fully saturated rings. The molecule has 1 atom stereocenters. The van der Waals surface area contributed by atoms with E-state index < -0.39 is 34.0 Å². The predicted octanol–water partition coefficient (Wildman–Crippen LogP) is 4.88. The zero-order chi connectivity index (χ0) is 29.2. The number of amides is 1. The Morgan fingerprint density at radius 3 is 2.32 bits per heavy atom. The third-order valence-corrected chi connectivity index (χ3v) is 7.85. The number of rotatable bonds is 8. The van der Waals surface area contributed by atoms with Crippen molar-refractivity contribution in [3.8, 4) is 0 Å². The fraction of sp³-hybridized carbons (Fsp3) is 0.250. The van der Waals surface area contributed by atoms with Gasteiger partial charge in [-0.3, -0.25) is 9.35 Å². The number of nitrogens with one attached hydrogen (secondary N) is 2. The van der Waals surface area contributed by atoms with E-state index in [4.69, 9.17) is 4.74 Å². The van der Waals surface area contributed by atoms with E-state index in [1.54, 1.807) is 42.6 Å². The van der Waals surface area contributed by atoms with Crippen LogP contribution >= 0.6 is 0 Å². The van der Waals surface area contributed by atoms with E-state index in [1.807, 2.05) is 12.1 Å². The van der Waals surface area contributed by atoms with Gasteiger partial charge in [-0.05, 0) is 60.2 Å². The molecule has 1 aliphatic rings. The van der Waals surface area contributed by atoms with Gasteiger partial charge in [-0.15, -0.1) is 0 Å². The average molecular weight is 589 g/mol. The van der Waals surface area contributed by atoms with E-state index in [0.717, 1.165) is 41.8 Å². The van der Waals surface area contributed by atoms with Crippen molar-refractivity contribution in [1.82, 2.24) is 4.98 Å². The SMILES string of the molecule is O=C(Nc1ccc(N2CCOCC2)cc1)C(Cc1c[nH]c2ccccc12)N(c1ccc(C(F)(F)F)cc1)S(=O)(=O)O. The van der Waals surface area contributed by atoms with Crippen LogP contribution in [0.15, 0.2) is 79.0 Å². The molecule has 1 unspecified atom stereocenters. The summed E-state index contributed by atoms with van der Waals surface area (Å²) in [6.45, 7) is 2.64. The highest BCUT2D eigenvalue weighted by molar-refractivity contribution is 7.87. The van der Waals surface area contributed by atoms with E-state index in [1.165, 1.54) is 0 Å². The molecule has 1 amide bonds. The molecule has 13 heteroatoms. The van der Waals surface area contributed by atoms with Gasteiger partial charge in [0.2, 0.25) is 5.91 Å². The zero-order valence-electron chi connectivity index (χ0n) is 21.6. The van der Waals surface area contributed by atoms with Crippen LogP contribution < -0.4 is 14.5 Å². The van der Waals surface area contributed by atoms with Crippen LogP contribution in [0.4, 0.5) is 30.2 Å². The van der Waals surface area contributed by atoms with Gasteiger partial charge >= 0.3 is 16.5 Å². The Morgan fingerprint density at radius 1 is 1.02 bits per heavy atom. The lowest BCUT2D eigenvalue weighted by molar-refractivity contribution is -0.137. The Morgan fingerprint density at radius 2 is 1.68 bits per heavy atom. The van der Waals surface area contributed by atoms with Crippen LogP contribution in [-0.4, -0.2) is 56.2 Å². The molecule has 2 heterocycles. The highest BCUT2D eigenvalue weighted by Crippen LogP contribution is 2.32. The largest absolute Gasteiger partial charge is 0.416 e. The van der Waals surface area contributed by atoms with E-state index in [9.17, 15) is 30.9 Å². The van der Waals surface area contributed by atoms with Crippen LogP contribution in [0.3, 0.4) is 0 Å². The lowest BCUT2D eigenvalue weighted by Gasteiger charge is -2.30. The second-order valence-corrected chi connectivity index (χ2v) is 10.8. The number of fused-ring (bicyclic) bond motifs is 1. The predicted molar refractivity (Wildman–Crippen MR) is 149 cm³/mol. The number of para-hydroxylation sites is 1. The molecular formula is C28H27F3N4O5S. The summed E-state index contributed by atoms with van der Waals surface area (Å²) in [5.41, 5.74) is 1.31. The maximum Gasteiger partial charge on any atom is 0.416 e. The summed E-state index contributed by atoms with van der Waals surface area (Å²) in [4.78, 5) is 18.9. The van der Waals surface area contributed by atoms with Crippen LogP contribution in [0.1, 0.15) is 11.1 Å². The maximum absolute atomic E-state index is 13.7. The molecule has 1 aliphatic heterocycles. The van der Waals surface area contributed by atoms with Crippen LogP contribution in [0.5, 0.6) is 0 Å². The number of hydrogen-bond donors (Lipinski definition) is 3. The van der Waals surface area contributed by atoms with Crippen molar-refractivity contribution in [1.29, 1.82) is 0 Å². The third-order valence-electron chi connectivity index (χ3n) is 6.88. The number of nitrogens with zero attached hydrogens (tertiary/aromatic N) is 2. The van der Waals surface area contributed by atoms with Gasteiger partial charge in [0.05, 0.1) is 24.5 Å². The first kappa shape index (κ1) is 28.5. The smallest absolute Gasteiger partial charge is 0.378 e. The fourth-order valence-corrected chi connectivity index (χ4v) is 5.74. The van der Waals surface area contributed by atoms with E-state index in [-0.39, 0.29) is 12.1 Å². The van der Waals surface area contributed by atoms with Crippen LogP contribution in [0.25, 0.3) is 10.9 Å². The molecule has 1 aromatic heterocycles. The lowest BCUT2D eigenvalue weighted by atomic mass is 10.0. The molecule has 3 aromatic carbocycles. The molecule has 41 heavy (non-hydrogen) atoms. The highest BCUT2D eigenvalue weighted by Gasteiger charge is 2.36. The summed E-state index contributed by atoms with van der Waals surface area (Å²) in [7, 11) is -5.12. The van der Waals surface area contributed by atoms with Gasteiger partial charge in [-0.1, -0.05) is 18.2 Å². The Labute approximate surface area is 234 Å². The summed E-state index contributed by atoms with van der Waals surface area (Å²) < 4.78 is 80.9. The molecule has 0 saturated carbocycles. The van der Waals surface area contributed by atoms with Gasteiger partial charge in [0.25, 0.3) is 0 Å². The van der Waals surface area contributed by atoms with Crippen molar-refractivity contribution in [2.75, 3.05) is 40.8 Å². The number of aromatic nitrogens is 1. The fourth-order valence-electron chi connectivity index (χ4n) is 4.86. The number of anilines is 3. The first-order valence-electron chi connectivity index (χ1n) is 12.7. The Balaban J connectivity index is 1.49. The zero-order valence-corrected chi connectivity index (χ0v) is 22.5. The minimum Gasteiger partial charge on any atom is -0.378 e. The second kappa shape index (κ2) is 11.4. The molecule has 5 rings (SSSR count). The van der Waals surface area contributed by atoms with E-state index >= 15 is 0 Å². The number of hydrogen-bond acceptors (Lipinski definition) is 5. The minimum absolute atomic E-state index is 0.192. The van der Waals surface area contributed by atoms with Crippen LogP contribution in [-0.2, 0) is 32.4 Å². The molecular weight excluding hydrogens is 561 g/mol. The quantitative estimate of drug-likeness (QED) is 0.253. The molecule has 3 N–H and O–H groups in total. The van der Waals surface area contributed by atoms with Crippen molar-refractivity contribution >= 4 is 44.2 Å². The average Bonchev–Trinajstić information content (AvgIpc) is 3.35. The number of carbonyl (C=O) groups is 1. The molecule has 0 bridgehead atoms. The molecule has 0 aliphatic carbocycles. The summed E-state index contributed by atoms with van der Waals surface area (Å²) in [5, 5.41) is 3.43. The first-order valence-corrected chi connectivity index (χ1v) is 14.1. The normalized spacial score (nSPS) is 15.1. The van der Waals surface area contributed by atoms with E-state index in [2.05, 4.69) is 15.2 Å². The van der Waals surface area contributed by atoms with Gasteiger partial charge in [0, 0.05) is 48.0 Å². The standard InChI is InChI=1S/C28H27F3N4O5S/c29-28(30,31)20-5-9-23(10-6-20)35(41(37,38)39)26(17-19-18-32-25-4-2-1-3-24(19)25)27(36)33-21-7-11-22(12-8-21)34-13-15-40-16-14-34/h1-12,18,26,32H,13-17H2,(H,33,36)(H,37,38,39). The number of morpholine rings is 1. The summed E-state index contributed by atoms with van der Waals surface area (Å²) >= 11 is 0. The second-order valence-electron chi connectivity index (χ2n) is 9.53. The van der Waals surface area contributed by atoms with Crippen molar-refractivity contribution in [3.63, 3.8) is 0 Å². The number of carbonyl (C=O) groups excluding carboxylic acids is 1. The van der Waals surface area contributed by atoms with Crippen molar-refractivity contribution in [2.24, 2.45) is 0 Å². The third kappa shape index (κ3) is 6.47. The molecule has 9 nitrogen and oxygen atoms in total. The molecule has 0 spiro atoms. The molecule has 4 aromatic rings. The number of benzene rings is 3. The Kier molecular flexibility index (Phi) is 7.93. The van der Waals surface area contributed by atoms with Gasteiger partial charge in [0.15, 0.2) is 0 Å². The number of halogens is 3. The van der Waals surface area contributed by atoms with Crippen LogP contribution in [0.2, 0.25) is 0 Å². The summed E-state index contributed by atoms with van der Waals surface area (Å²) in [6.07, 6.45) is -3.23. The van der Waals surface area contributed by atoms with Crippen LogP contribution in [0, 0.1) is 0 Å². The Hall–Kier alpha value is -4.07. The van der Waals surface area contributed by atoms with Crippen molar-refractivity contribution < 1.29 is 35.7 Å². The minimum atomic E-state index is -5.12. The van der Waals surface area contributed by atoms with Gasteiger partial charge < -0.3 is 19.9 Å². The van der Waals surface area contributed by atoms with Crippen molar-refractivity contribution in [3.05, 3.63) is 90.1 Å². The van der Waals surface area contributed by atoms with E-state index in [0.29, 0.717) is 40.9 Å². The van der Waals surface area contributed by atoms with Gasteiger partial charge in [-0.25, -0.2) is 4.31 Å². The Bertz CT molecular complexity index is 1620. The van der Waals surface area contributed by atoms with Gasteiger partial charge in [-0.2, -0.15) is 21.6 Å². The summed E-state index contributed by atoms with van der Waals surface area (Å²) in [5.74, 6) is -0.785. The monoisotopic (exact) mass is 588 g/mol. The topological polar surface area (TPSA) is 115 Å². The van der Waals surface area contributed by atoms with Gasteiger partial charge in [0.1, 0.15) is 6.04 Å². The highest BCUT2D eigenvalue weighted by atomic mass is 32.2. The number of ether oxygens (including phenoxy) is 1.